The number of carboxylic acids is 1. The summed E-state index contributed by atoms with van der Waals surface area (Å²) in [5.41, 5.74) is -0.166. The van der Waals surface area contributed by atoms with E-state index in [9.17, 15) is 28.7 Å². The summed E-state index contributed by atoms with van der Waals surface area (Å²) in [7, 11) is 0. The maximum absolute atomic E-state index is 12.8. The number of carbonyl (C=O) groups excluding carboxylic acids is 3. The summed E-state index contributed by atoms with van der Waals surface area (Å²) in [5.74, 6) is -2.70. The number of nitrogens with zero attached hydrogens (tertiary/aromatic N) is 3. The first-order chi connectivity index (χ1) is 15.8. The Kier molecular flexibility index (Phi) is 8.05. The molecule has 0 bridgehead atoms. The first-order valence-electron chi connectivity index (χ1n) is 9.22. The molecule has 2 aliphatic heterocycles. The fourth-order valence-electron chi connectivity index (χ4n) is 3.05. The van der Waals surface area contributed by atoms with Crippen LogP contribution in [-0.2, 0) is 24.0 Å². The molecule has 1 aromatic rings. The monoisotopic (exact) mass is 517 g/mol. The number of anilines is 1. The van der Waals surface area contributed by atoms with E-state index in [0.717, 1.165) is 16.2 Å². The van der Waals surface area contributed by atoms with Crippen LogP contribution in [0.1, 0.15) is 12.6 Å². The third-order valence-corrected chi connectivity index (χ3v) is 6.58. The maximum atomic E-state index is 12.8. The van der Waals surface area contributed by atoms with Gasteiger partial charge in [-0.3, -0.25) is 19.3 Å². The van der Waals surface area contributed by atoms with Crippen molar-refractivity contribution in [2.24, 2.45) is 5.16 Å². The number of allylic oxidation sites excluding steroid dienone is 2. The lowest BCUT2D eigenvalue weighted by Crippen LogP contribution is -2.71. The Morgan fingerprint density at radius 1 is 1.48 bits per heavy atom. The van der Waals surface area contributed by atoms with Gasteiger partial charge in [0.25, 0.3) is 18.7 Å². The number of carbonyl (C=O) groups is 4. The topological polar surface area (TPSA) is 150 Å². The van der Waals surface area contributed by atoms with Gasteiger partial charge in [-0.05, 0) is 5.57 Å². The first-order valence-corrected chi connectivity index (χ1v) is 11.7. The van der Waals surface area contributed by atoms with Crippen LogP contribution in [0.4, 0.5) is 9.52 Å². The van der Waals surface area contributed by atoms with Gasteiger partial charge in [-0.15, -0.1) is 34.7 Å². The highest BCUT2D eigenvalue weighted by Crippen LogP contribution is 2.40. The minimum absolute atomic E-state index is 0.00533. The van der Waals surface area contributed by atoms with Crippen LogP contribution in [0, 0.1) is 0 Å². The number of alkyl halides is 2. The van der Waals surface area contributed by atoms with Crippen LogP contribution in [0.5, 0.6) is 0 Å². The number of rotatable bonds is 9. The number of thioether (sulfide) groups is 1. The summed E-state index contributed by atoms with van der Waals surface area (Å²) in [6.45, 7) is -0.0268. The van der Waals surface area contributed by atoms with E-state index in [0.29, 0.717) is 5.57 Å². The molecule has 0 radical (unpaired) electrons. The molecular weight excluding hydrogens is 501 g/mol. The van der Waals surface area contributed by atoms with Crippen LogP contribution in [0.25, 0.3) is 0 Å². The third kappa shape index (κ3) is 5.34. The maximum Gasteiger partial charge on any atom is 0.352 e. The van der Waals surface area contributed by atoms with Crippen LogP contribution in [0.3, 0.4) is 0 Å². The second-order valence-electron chi connectivity index (χ2n) is 6.49. The summed E-state index contributed by atoms with van der Waals surface area (Å²) >= 11 is 7.89. The number of hydrogen-bond acceptors (Lipinski definition) is 9. The van der Waals surface area contributed by atoms with Crippen molar-refractivity contribution in [2.45, 2.75) is 18.3 Å². The van der Waals surface area contributed by atoms with Crippen molar-refractivity contribution in [3.63, 3.8) is 0 Å². The van der Waals surface area contributed by atoms with Gasteiger partial charge >= 0.3 is 5.97 Å². The molecule has 176 valence electrons. The van der Waals surface area contributed by atoms with Crippen molar-refractivity contribution < 1.29 is 33.5 Å². The number of hydrogen-bond donors (Lipinski definition) is 3. The molecule has 15 heteroatoms. The summed E-state index contributed by atoms with van der Waals surface area (Å²) in [6.07, 6.45) is 3.12. The van der Waals surface area contributed by atoms with Gasteiger partial charge in [-0.2, -0.15) is 0 Å². The molecule has 0 aromatic carbocycles. The molecule has 2 atom stereocenters. The molecular formula is C18H17ClFN5O6S2. The van der Waals surface area contributed by atoms with Gasteiger partial charge in [0, 0.05) is 23.9 Å². The van der Waals surface area contributed by atoms with Gasteiger partial charge in [0.2, 0.25) is 5.91 Å². The molecule has 3 rings (SSSR count). The van der Waals surface area contributed by atoms with E-state index in [-0.39, 0.29) is 34.1 Å². The number of amides is 3. The summed E-state index contributed by atoms with van der Waals surface area (Å²) < 4.78 is 12.5. The summed E-state index contributed by atoms with van der Waals surface area (Å²) in [5, 5.41) is 18.9. The van der Waals surface area contributed by atoms with Crippen molar-refractivity contribution in [3.05, 3.63) is 34.5 Å². The van der Waals surface area contributed by atoms with E-state index in [4.69, 9.17) is 11.6 Å². The van der Waals surface area contributed by atoms with Crippen molar-refractivity contribution >= 4 is 69.2 Å². The second kappa shape index (κ2) is 10.8. The van der Waals surface area contributed by atoms with Crippen LogP contribution in [0.2, 0.25) is 0 Å². The average molecular weight is 518 g/mol. The fourth-order valence-corrected chi connectivity index (χ4v) is 5.20. The quantitative estimate of drug-likeness (QED) is 0.192. The van der Waals surface area contributed by atoms with E-state index in [1.807, 2.05) is 0 Å². The Hall–Kier alpha value is -2.97. The predicted octanol–water partition coefficient (Wildman–Crippen LogP) is 1.28. The van der Waals surface area contributed by atoms with Crippen molar-refractivity contribution in [3.8, 4) is 0 Å². The van der Waals surface area contributed by atoms with Crippen molar-refractivity contribution in [2.75, 3.05) is 23.8 Å². The van der Waals surface area contributed by atoms with Crippen LogP contribution < -0.4 is 10.6 Å². The molecule has 1 fully saturated rings. The first kappa shape index (κ1) is 24.7. The minimum atomic E-state index is -1.31. The Labute approximate surface area is 199 Å². The Morgan fingerprint density at radius 3 is 2.88 bits per heavy atom. The zero-order valence-electron chi connectivity index (χ0n) is 16.9. The predicted molar refractivity (Wildman–Crippen MR) is 120 cm³/mol. The minimum Gasteiger partial charge on any atom is -0.477 e. The Bertz CT molecular complexity index is 1070. The number of fused-ring (bicyclic) bond motifs is 1. The van der Waals surface area contributed by atoms with Crippen LogP contribution in [-0.4, -0.2) is 74.3 Å². The average Bonchev–Trinajstić information content (AvgIpc) is 3.22. The summed E-state index contributed by atoms with van der Waals surface area (Å²) in [4.78, 5) is 58.0. The van der Waals surface area contributed by atoms with Crippen molar-refractivity contribution in [1.82, 2.24) is 15.2 Å². The van der Waals surface area contributed by atoms with Gasteiger partial charge in [-0.25, -0.2) is 14.2 Å². The second-order valence-corrected chi connectivity index (χ2v) is 8.77. The number of β-lactam (4-membered cyclic amide) rings is 1. The lowest BCUT2D eigenvalue weighted by molar-refractivity contribution is -0.150. The molecule has 0 unspecified atom stereocenters. The van der Waals surface area contributed by atoms with Crippen molar-refractivity contribution in [1.29, 1.82) is 0 Å². The van der Waals surface area contributed by atoms with Gasteiger partial charge in [0.1, 0.15) is 22.8 Å². The lowest BCUT2D eigenvalue weighted by atomic mass is 10.0. The zero-order chi connectivity index (χ0) is 24.1. The molecule has 0 saturated carbocycles. The van der Waals surface area contributed by atoms with E-state index in [1.165, 1.54) is 24.1 Å². The molecule has 0 aliphatic carbocycles. The van der Waals surface area contributed by atoms with E-state index >= 15 is 0 Å². The Morgan fingerprint density at radius 2 is 2.24 bits per heavy atom. The molecule has 1 saturated heterocycles. The highest BCUT2D eigenvalue weighted by molar-refractivity contribution is 8.00. The molecule has 0 spiro atoms. The highest BCUT2D eigenvalue weighted by Gasteiger charge is 2.54. The number of aromatic nitrogens is 1. The van der Waals surface area contributed by atoms with E-state index in [1.54, 1.807) is 12.2 Å². The largest absolute Gasteiger partial charge is 0.477 e. The fraction of sp³-hybridized carbons (Fsp3) is 0.333. The normalized spacial score (nSPS) is 20.4. The Balaban J connectivity index is 1.79. The van der Waals surface area contributed by atoms with Crippen LogP contribution >= 0.6 is 34.7 Å². The third-order valence-electron chi connectivity index (χ3n) is 4.34. The van der Waals surface area contributed by atoms with Gasteiger partial charge in [0.15, 0.2) is 10.8 Å². The SMILES string of the molecule is CC(=O)Nc1nc(C(=NOCF)C(=O)N[C@@H]2C(=O)N3C(C(=O)O)=C(C=CCCl)CS[C@@H]23)cs1. The molecule has 2 aliphatic rings. The van der Waals surface area contributed by atoms with Crippen LogP contribution in [0.15, 0.2) is 34.0 Å². The summed E-state index contributed by atoms with van der Waals surface area (Å²) in [6, 6.07) is -1.04. The number of carboxylic acid groups (broad SMARTS) is 1. The molecule has 1 aromatic heterocycles. The molecule has 11 nitrogen and oxygen atoms in total. The molecule has 3 N–H and O–H groups in total. The number of thiazole rings is 1. The van der Waals surface area contributed by atoms with E-state index in [2.05, 4.69) is 25.6 Å². The van der Waals surface area contributed by atoms with E-state index < -0.39 is 41.8 Å². The standard InChI is InChI=1S/C18H17ClFN5O6S2/c1-8(26)21-18-22-10(6-33-18)11(24-31-7-20)14(27)23-12-15(28)25-13(17(29)30)9(3-2-4-19)5-32-16(12)25/h2-3,6,12,16H,4-5,7H2,1H3,(H,23,27)(H,29,30)(H,21,22,26)/t12-,16+/m1/s1. The van der Waals surface area contributed by atoms with Gasteiger partial charge in [0.05, 0.1) is 0 Å². The molecule has 33 heavy (non-hydrogen) atoms. The number of oxime groups is 1. The molecule has 3 amide bonds. The zero-order valence-corrected chi connectivity index (χ0v) is 19.3. The number of halogens is 2. The van der Waals surface area contributed by atoms with Gasteiger partial charge in [-0.1, -0.05) is 17.3 Å². The lowest BCUT2D eigenvalue weighted by Gasteiger charge is -2.49. The number of aliphatic carboxylic acids is 1. The molecule has 3 heterocycles. The number of nitrogens with one attached hydrogen (secondary N) is 2. The smallest absolute Gasteiger partial charge is 0.352 e. The highest BCUT2D eigenvalue weighted by atomic mass is 35.5. The van der Waals surface area contributed by atoms with Gasteiger partial charge < -0.3 is 20.6 Å².